The second-order valence-corrected chi connectivity index (χ2v) is 5.17. The molecule has 3 rings (SSSR count). The Morgan fingerprint density at radius 2 is 1.91 bits per heavy atom. The molecule has 0 spiro atoms. The summed E-state index contributed by atoms with van der Waals surface area (Å²) in [7, 11) is 0. The Balaban J connectivity index is 1.53. The highest BCUT2D eigenvalue weighted by molar-refractivity contribution is 5.94. The van der Waals surface area contributed by atoms with Gasteiger partial charge in [0.15, 0.2) is 11.5 Å². The number of fused-ring (bicyclic) bond motifs is 1. The molecule has 5 heteroatoms. The van der Waals surface area contributed by atoms with Gasteiger partial charge in [-0.1, -0.05) is 12.1 Å². The molecule has 2 aromatic carbocycles. The number of ether oxygens (including phenoxy) is 3. The Bertz CT molecular complexity index is 669. The molecule has 1 N–H and O–H groups in total. The van der Waals surface area contributed by atoms with Crippen LogP contribution in [0.15, 0.2) is 48.5 Å². The minimum absolute atomic E-state index is 0.143. The van der Waals surface area contributed by atoms with Crippen molar-refractivity contribution in [3.8, 4) is 17.2 Å². The van der Waals surface area contributed by atoms with Crippen LogP contribution >= 0.6 is 0 Å². The molecule has 1 aliphatic heterocycles. The summed E-state index contributed by atoms with van der Waals surface area (Å²) in [5.41, 5.74) is 0.589. The SMILES string of the molecule is CCOc1ccc(C(=O)NC[C@H]2COc3ccccc3O2)cc1. The summed E-state index contributed by atoms with van der Waals surface area (Å²) >= 11 is 0. The largest absolute Gasteiger partial charge is 0.494 e. The molecule has 5 nitrogen and oxygen atoms in total. The van der Waals surface area contributed by atoms with E-state index in [0.29, 0.717) is 31.1 Å². The van der Waals surface area contributed by atoms with Crippen LogP contribution in [0, 0.1) is 0 Å². The zero-order valence-corrected chi connectivity index (χ0v) is 13.0. The summed E-state index contributed by atoms with van der Waals surface area (Å²) in [6, 6.07) is 14.6. The lowest BCUT2D eigenvalue weighted by Gasteiger charge is -2.26. The smallest absolute Gasteiger partial charge is 0.251 e. The summed E-state index contributed by atoms with van der Waals surface area (Å²) in [5.74, 6) is 2.06. The molecule has 0 saturated heterocycles. The molecule has 1 heterocycles. The maximum atomic E-state index is 12.2. The van der Waals surface area contributed by atoms with Crippen LogP contribution in [0.4, 0.5) is 0 Å². The summed E-state index contributed by atoms with van der Waals surface area (Å²) in [4.78, 5) is 12.2. The minimum Gasteiger partial charge on any atom is -0.494 e. The highest BCUT2D eigenvalue weighted by Gasteiger charge is 2.21. The van der Waals surface area contributed by atoms with E-state index < -0.39 is 0 Å². The predicted octanol–water partition coefficient (Wildman–Crippen LogP) is 2.66. The fourth-order valence-corrected chi connectivity index (χ4v) is 2.34. The molecule has 1 atom stereocenters. The van der Waals surface area contributed by atoms with Crippen molar-refractivity contribution < 1.29 is 19.0 Å². The van der Waals surface area contributed by atoms with Crippen molar-refractivity contribution in [2.45, 2.75) is 13.0 Å². The number of hydrogen-bond donors (Lipinski definition) is 1. The number of rotatable bonds is 5. The van der Waals surface area contributed by atoms with Crippen molar-refractivity contribution in [3.05, 3.63) is 54.1 Å². The monoisotopic (exact) mass is 313 g/mol. The van der Waals surface area contributed by atoms with Crippen molar-refractivity contribution in [1.82, 2.24) is 5.32 Å². The van der Waals surface area contributed by atoms with Gasteiger partial charge in [-0.25, -0.2) is 0 Å². The number of nitrogens with one attached hydrogen (secondary N) is 1. The van der Waals surface area contributed by atoms with E-state index in [-0.39, 0.29) is 12.0 Å². The van der Waals surface area contributed by atoms with Gasteiger partial charge in [0.25, 0.3) is 5.91 Å². The lowest BCUT2D eigenvalue weighted by Crippen LogP contribution is -2.40. The number of amides is 1. The zero-order chi connectivity index (χ0) is 16.1. The third-order valence-electron chi connectivity index (χ3n) is 3.49. The Kier molecular flexibility index (Phi) is 4.66. The predicted molar refractivity (Wildman–Crippen MR) is 86.3 cm³/mol. The van der Waals surface area contributed by atoms with Crippen LogP contribution in [0.1, 0.15) is 17.3 Å². The number of carbonyl (C=O) groups excluding carboxylic acids is 1. The molecule has 0 fully saturated rings. The molecular weight excluding hydrogens is 294 g/mol. The van der Waals surface area contributed by atoms with Gasteiger partial charge in [0.05, 0.1) is 13.2 Å². The second-order valence-electron chi connectivity index (χ2n) is 5.17. The Hall–Kier alpha value is -2.69. The van der Waals surface area contributed by atoms with Crippen molar-refractivity contribution in [3.63, 3.8) is 0 Å². The molecule has 23 heavy (non-hydrogen) atoms. The van der Waals surface area contributed by atoms with Gasteiger partial charge in [-0.15, -0.1) is 0 Å². The van der Waals surface area contributed by atoms with Crippen LogP contribution in [0.2, 0.25) is 0 Å². The van der Waals surface area contributed by atoms with Gasteiger partial charge in [0.2, 0.25) is 0 Å². The number of benzene rings is 2. The molecular formula is C18H19NO4. The third kappa shape index (κ3) is 3.74. The maximum Gasteiger partial charge on any atom is 0.251 e. The van der Waals surface area contributed by atoms with Crippen molar-refractivity contribution in [2.24, 2.45) is 0 Å². The summed E-state index contributed by atoms with van der Waals surface area (Å²) in [6.45, 7) is 3.33. The van der Waals surface area contributed by atoms with Crippen LogP contribution in [0.25, 0.3) is 0 Å². The van der Waals surface area contributed by atoms with E-state index in [2.05, 4.69) is 5.32 Å². The maximum absolute atomic E-state index is 12.2. The number of para-hydroxylation sites is 2. The average molecular weight is 313 g/mol. The second kappa shape index (κ2) is 7.05. The first kappa shape index (κ1) is 15.2. The quantitative estimate of drug-likeness (QED) is 0.922. The van der Waals surface area contributed by atoms with E-state index >= 15 is 0 Å². The molecule has 0 saturated carbocycles. The van der Waals surface area contributed by atoms with E-state index in [1.165, 1.54) is 0 Å². The van der Waals surface area contributed by atoms with Crippen LogP contribution in [-0.4, -0.2) is 31.8 Å². The van der Waals surface area contributed by atoms with E-state index in [1.54, 1.807) is 24.3 Å². The molecule has 0 aromatic heterocycles. The van der Waals surface area contributed by atoms with Gasteiger partial charge in [0.1, 0.15) is 18.5 Å². The standard InChI is InChI=1S/C18H19NO4/c1-2-21-14-9-7-13(8-10-14)18(20)19-11-15-12-22-16-5-3-4-6-17(16)23-15/h3-10,15H,2,11-12H2,1H3,(H,19,20)/t15-/m0/s1. The first-order chi connectivity index (χ1) is 11.3. The minimum atomic E-state index is -0.198. The number of carbonyl (C=O) groups is 1. The summed E-state index contributed by atoms with van der Waals surface area (Å²) in [6.07, 6.45) is -0.198. The van der Waals surface area contributed by atoms with E-state index in [4.69, 9.17) is 14.2 Å². The van der Waals surface area contributed by atoms with Gasteiger partial charge in [-0.2, -0.15) is 0 Å². The lowest BCUT2D eigenvalue weighted by atomic mass is 10.2. The highest BCUT2D eigenvalue weighted by atomic mass is 16.6. The fourth-order valence-electron chi connectivity index (χ4n) is 2.34. The summed E-state index contributed by atoms with van der Waals surface area (Å²) < 4.78 is 16.8. The van der Waals surface area contributed by atoms with Crippen LogP contribution in [0.3, 0.4) is 0 Å². The van der Waals surface area contributed by atoms with Gasteiger partial charge in [-0.3, -0.25) is 4.79 Å². The van der Waals surface area contributed by atoms with Crippen LogP contribution < -0.4 is 19.5 Å². The molecule has 0 bridgehead atoms. The Morgan fingerprint density at radius 3 is 2.65 bits per heavy atom. The molecule has 0 unspecified atom stereocenters. The van der Waals surface area contributed by atoms with Crippen LogP contribution in [0.5, 0.6) is 17.2 Å². The molecule has 2 aromatic rings. The average Bonchev–Trinajstić information content (AvgIpc) is 2.60. The van der Waals surface area contributed by atoms with Gasteiger partial charge < -0.3 is 19.5 Å². The molecule has 0 radical (unpaired) electrons. The first-order valence-corrected chi connectivity index (χ1v) is 7.66. The van der Waals surface area contributed by atoms with Gasteiger partial charge >= 0.3 is 0 Å². The lowest BCUT2D eigenvalue weighted by molar-refractivity contribution is 0.0789. The normalized spacial score (nSPS) is 15.8. The van der Waals surface area contributed by atoms with Crippen LogP contribution in [-0.2, 0) is 0 Å². The van der Waals surface area contributed by atoms with E-state index in [9.17, 15) is 4.79 Å². The highest BCUT2D eigenvalue weighted by Crippen LogP contribution is 2.30. The number of hydrogen-bond acceptors (Lipinski definition) is 4. The first-order valence-electron chi connectivity index (χ1n) is 7.66. The van der Waals surface area contributed by atoms with Crippen molar-refractivity contribution in [2.75, 3.05) is 19.8 Å². The van der Waals surface area contributed by atoms with Crippen molar-refractivity contribution >= 4 is 5.91 Å². The van der Waals surface area contributed by atoms with Crippen molar-refractivity contribution in [1.29, 1.82) is 0 Å². The topological polar surface area (TPSA) is 56.8 Å². The molecule has 120 valence electrons. The third-order valence-corrected chi connectivity index (χ3v) is 3.49. The molecule has 0 aliphatic carbocycles. The van der Waals surface area contributed by atoms with Gasteiger partial charge in [0, 0.05) is 5.56 Å². The molecule has 1 amide bonds. The van der Waals surface area contributed by atoms with E-state index in [1.807, 2.05) is 31.2 Å². The molecule has 1 aliphatic rings. The van der Waals surface area contributed by atoms with Gasteiger partial charge in [-0.05, 0) is 43.3 Å². The Labute approximate surface area is 135 Å². The van der Waals surface area contributed by atoms with E-state index in [0.717, 1.165) is 11.5 Å². The Morgan fingerprint density at radius 1 is 1.17 bits per heavy atom. The summed E-state index contributed by atoms with van der Waals surface area (Å²) in [5, 5.41) is 2.87. The zero-order valence-electron chi connectivity index (χ0n) is 13.0. The fraction of sp³-hybridized carbons (Fsp3) is 0.278.